The van der Waals surface area contributed by atoms with Crippen LogP contribution in [0, 0.1) is 5.82 Å². The Bertz CT molecular complexity index is 864. The Hall–Kier alpha value is -3.36. The van der Waals surface area contributed by atoms with Gasteiger partial charge < -0.3 is 4.74 Å². The number of carbonyl (C=O) groups is 2. The van der Waals surface area contributed by atoms with Gasteiger partial charge in [-0.15, -0.1) is 0 Å². The molecule has 0 aliphatic carbocycles. The topological polar surface area (TPSA) is 67.4 Å². The van der Waals surface area contributed by atoms with Crippen molar-refractivity contribution in [2.24, 2.45) is 0 Å². The number of amides is 2. The number of alkyl halides is 3. The number of benzene rings is 2. The lowest BCUT2D eigenvalue weighted by Crippen LogP contribution is -2.46. The molecular weight excluding hydrogens is 380 g/mol. The van der Waals surface area contributed by atoms with E-state index in [0.29, 0.717) is 5.56 Å². The molecule has 2 aromatic carbocycles. The number of rotatable bonds is 5. The minimum Gasteiger partial charge on any atom is -0.478 e. The molecule has 2 N–H and O–H groups in total. The lowest BCUT2D eigenvalue weighted by atomic mass is 10.1. The highest BCUT2D eigenvalue weighted by atomic mass is 19.4. The summed E-state index contributed by atoms with van der Waals surface area (Å²) in [6.45, 7) is 1.37. The highest BCUT2D eigenvalue weighted by Crippen LogP contribution is 2.29. The predicted octanol–water partition coefficient (Wildman–Crippen LogP) is 3.47. The average molecular weight is 396 g/mol. The molecule has 28 heavy (non-hydrogen) atoms. The van der Waals surface area contributed by atoms with Crippen LogP contribution in [0.2, 0.25) is 0 Å². The van der Waals surface area contributed by atoms with Crippen molar-refractivity contribution < 1.29 is 31.9 Å². The Balaban J connectivity index is 1.83. The molecule has 0 unspecified atom stereocenters. The van der Waals surface area contributed by atoms with Gasteiger partial charge >= 0.3 is 6.18 Å². The lowest BCUT2D eigenvalue weighted by molar-refractivity contribution is -0.137. The third kappa shape index (κ3) is 6.11. The molecule has 0 aromatic heterocycles. The molecule has 0 radical (unpaired) electrons. The van der Waals surface area contributed by atoms with E-state index in [1.165, 1.54) is 49.4 Å². The van der Waals surface area contributed by atoms with Crippen LogP contribution in [0.4, 0.5) is 17.6 Å². The molecule has 2 rings (SSSR count). The van der Waals surface area contributed by atoms with Crippen LogP contribution in [0.25, 0.3) is 6.08 Å². The molecule has 0 saturated carbocycles. The van der Waals surface area contributed by atoms with Gasteiger partial charge in [0.1, 0.15) is 0 Å². The maximum absolute atomic E-state index is 13.5. The van der Waals surface area contributed by atoms with Crippen molar-refractivity contribution in [3.8, 4) is 5.75 Å². The minimum atomic E-state index is -4.44. The maximum atomic E-state index is 13.5. The SMILES string of the molecule is C[C@H](Oc1ccccc1F)C(=O)NNC(=O)/C=C/c1ccc(C(F)(F)F)cc1. The summed E-state index contributed by atoms with van der Waals surface area (Å²) in [5.41, 5.74) is 3.76. The Labute approximate surface area is 158 Å². The summed E-state index contributed by atoms with van der Waals surface area (Å²) >= 11 is 0. The van der Waals surface area contributed by atoms with Gasteiger partial charge in [-0.1, -0.05) is 24.3 Å². The second-order valence-corrected chi connectivity index (χ2v) is 5.62. The Kier molecular flexibility index (Phi) is 6.75. The van der Waals surface area contributed by atoms with E-state index in [0.717, 1.165) is 18.2 Å². The number of nitrogens with one attached hydrogen (secondary N) is 2. The predicted molar refractivity (Wildman–Crippen MR) is 93.3 cm³/mol. The highest BCUT2D eigenvalue weighted by Gasteiger charge is 2.29. The molecule has 0 aliphatic heterocycles. The Morgan fingerprint density at radius 3 is 2.29 bits per heavy atom. The van der Waals surface area contributed by atoms with Crippen molar-refractivity contribution >= 4 is 17.9 Å². The summed E-state index contributed by atoms with van der Waals surface area (Å²) in [4.78, 5) is 23.6. The third-order valence-electron chi connectivity index (χ3n) is 3.48. The van der Waals surface area contributed by atoms with Gasteiger partial charge in [0, 0.05) is 6.08 Å². The van der Waals surface area contributed by atoms with Crippen LogP contribution in [0.1, 0.15) is 18.1 Å². The molecule has 0 saturated heterocycles. The summed E-state index contributed by atoms with van der Waals surface area (Å²) in [5.74, 6) is -2.18. The lowest BCUT2D eigenvalue weighted by Gasteiger charge is -2.15. The van der Waals surface area contributed by atoms with Crippen LogP contribution in [-0.2, 0) is 15.8 Å². The molecule has 9 heteroatoms. The van der Waals surface area contributed by atoms with Crippen LogP contribution in [0.15, 0.2) is 54.6 Å². The van der Waals surface area contributed by atoms with Gasteiger partial charge in [0.2, 0.25) is 0 Å². The maximum Gasteiger partial charge on any atom is 0.416 e. The Morgan fingerprint density at radius 2 is 1.68 bits per heavy atom. The van der Waals surface area contributed by atoms with Gasteiger partial charge in [-0.3, -0.25) is 20.4 Å². The van der Waals surface area contributed by atoms with E-state index >= 15 is 0 Å². The van der Waals surface area contributed by atoms with Crippen LogP contribution in [0.5, 0.6) is 5.75 Å². The molecule has 2 aromatic rings. The second-order valence-electron chi connectivity index (χ2n) is 5.62. The fraction of sp³-hybridized carbons (Fsp3) is 0.158. The van der Waals surface area contributed by atoms with Gasteiger partial charge in [-0.2, -0.15) is 13.2 Å². The van der Waals surface area contributed by atoms with Crippen molar-refractivity contribution in [3.63, 3.8) is 0 Å². The zero-order valence-corrected chi connectivity index (χ0v) is 14.6. The first-order chi connectivity index (χ1) is 13.2. The van der Waals surface area contributed by atoms with Crippen molar-refractivity contribution in [3.05, 3.63) is 71.6 Å². The van der Waals surface area contributed by atoms with Crippen LogP contribution in [-0.4, -0.2) is 17.9 Å². The number of carbonyl (C=O) groups excluding carboxylic acids is 2. The van der Waals surface area contributed by atoms with E-state index in [1.807, 2.05) is 0 Å². The molecule has 0 heterocycles. The minimum absolute atomic E-state index is 0.112. The molecule has 5 nitrogen and oxygen atoms in total. The van der Waals surface area contributed by atoms with Gasteiger partial charge in [-0.25, -0.2) is 4.39 Å². The van der Waals surface area contributed by atoms with Gasteiger partial charge in [0.05, 0.1) is 5.56 Å². The molecule has 148 valence electrons. The number of ether oxygens (including phenoxy) is 1. The summed E-state index contributed by atoms with van der Waals surface area (Å²) in [5, 5.41) is 0. The number of para-hydroxylation sites is 1. The fourth-order valence-electron chi connectivity index (χ4n) is 2.01. The first kappa shape index (κ1) is 20.9. The monoisotopic (exact) mass is 396 g/mol. The standard InChI is InChI=1S/C19H16F4N2O3/c1-12(28-16-5-3-2-4-15(16)20)18(27)25-24-17(26)11-8-13-6-9-14(10-7-13)19(21,22)23/h2-12H,1H3,(H,24,26)(H,25,27)/b11-8+/t12-/m0/s1. The van der Waals surface area contributed by atoms with Gasteiger partial charge in [0.15, 0.2) is 17.7 Å². The van der Waals surface area contributed by atoms with Crippen molar-refractivity contribution in [1.29, 1.82) is 0 Å². The molecule has 0 bridgehead atoms. The van der Waals surface area contributed by atoms with Crippen molar-refractivity contribution in [1.82, 2.24) is 10.9 Å². The third-order valence-corrected chi connectivity index (χ3v) is 3.48. The van der Waals surface area contributed by atoms with E-state index in [2.05, 4.69) is 10.9 Å². The van der Waals surface area contributed by atoms with Crippen LogP contribution < -0.4 is 15.6 Å². The normalized spacial score (nSPS) is 12.5. The number of hydrogen-bond donors (Lipinski definition) is 2. The first-order valence-electron chi connectivity index (χ1n) is 8.03. The number of halogens is 4. The summed E-state index contributed by atoms with van der Waals surface area (Å²) in [7, 11) is 0. The summed E-state index contributed by atoms with van der Waals surface area (Å²) < 4.78 is 56.1. The van der Waals surface area contributed by atoms with E-state index in [4.69, 9.17) is 4.74 Å². The molecule has 1 atom stereocenters. The number of hydrazine groups is 1. The Morgan fingerprint density at radius 1 is 1.04 bits per heavy atom. The molecule has 0 fully saturated rings. The summed E-state index contributed by atoms with van der Waals surface area (Å²) in [6, 6.07) is 9.72. The van der Waals surface area contributed by atoms with Gasteiger partial charge in [-0.05, 0) is 42.8 Å². The molecular formula is C19H16F4N2O3. The fourth-order valence-corrected chi connectivity index (χ4v) is 2.01. The molecule has 0 aliphatic rings. The molecule has 2 amide bonds. The smallest absolute Gasteiger partial charge is 0.416 e. The van der Waals surface area contributed by atoms with E-state index in [9.17, 15) is 27.2 Å². The largest absolute Gasteiger partial charge is 0.478 e. The second kappa shape index (κ2) is 9.03. The van der Waals surface area contributed by atoms with Crippen LogP contribution >= 0.6 is 0 Å². The van der Waals surface area contributed by atoms with E-state index < -0.39 is 35.5 Å². The first-order valence-corrected chi connectivity index (χ1v) is 8.03. The van der Waals surface area contributed by atoms with Crippen molar-refractivity contribution in [2.75, 3.05) is 0 Å². The quantitative estimate of drug-likeness (QED) is 0.462. The average Bonchev–Trinajstić information content (AvgIpc) is 2.65. The zero-order chi connectivity index (χ0) is 20.7. The highest BCUT2D eigenvalue weighted by molar-refractivity contribution is 5.93. The van der Waals surface area contributed by atoms with Crippen molar-refractivity contribution in [2.45, 2.75) is 19.2 Å². The van der Waals surface area contributed by atoms with Crippen LogP contribution in [0.3, 0.4) is 0 Å². The zero-order valence-electron chi connectivity index (χ0n) is 14.6. The number of hydrogen-bond acceptors (Lipinski definition) is 3. The van der Waals surface area contributed by atoms with E-state index in [-0.39, 0.29) is 5.75 Å². The summed E-state index contributed by atoms with van der Waals surface area (Å²) in [6.07, 6.45) is -3.21. The molecule has 0 spiro atoms. The van der Waals surface area contributed by atoms with E-state index in [1.54, 1.807) is 0 Å². The van der Waals surface area contributed by atoms with Gasteiger partial charge in [0.25, 0.3) is 11.8 Å².